The number of hydrogen-bond donors (Lipinski definition) is 2. The highest BCUT2D eigenvalue weighted by Gasteiger charge is 2.17. The van der Waals surface area contributed by atoms with E-state index in [2.05, 4.69) is 36.5 Å². The van der Waals surface area contributed by atoms with Crippen molar-refractivity contribution in [3.05, 3.63) is 64.5 Å². The Labute approximate surface area is 165 Å². The molecular weight excluding hydrogens is 378 g/mol. The van der Waals surface area contributed by atoms with Gasteiger partial charge in [0.05, 0.1) is 4.90 Å². The summed E-state index contributed by atoms with van der Waals surface area (Å²) in [7, 11) is -4.02. The van der Waals surface area contributed by atoms with Crippen LogP contribution in [0.3, 0.4) is 0 Å². The van der Waals surface area contributed by atoms with Crippen LogP contribution in [-0.4, -0.2) is 26.1 Å². The zero-order valence-corrected chi connectivity index (χ0v) is 17.2. The van der Waals surface area contributed by atoms with Gasteiger partial charge >= 0.3 is 0 Å². The van der Waals surface area contributed by atoms with Crippen LogP contribution in [0.1, 0.15) is 34.8 Å². The van der Waals surface area contributed by atoms with E-state index in [1.807, 2.05) is 18.3 Å². The first-order chi connectivity index (χ1) is 12.8. The lowest BCUT2D eigenvalue weighted by molar-refractivity contribution is 0.465. The largest absolute Gasteiger partial charge is 0.317 e. The van der Waals surface area contributed by atoms with Crippen molar-refractivity contribution >= 4 is 31.5 Å². The molecule has 0 saturated carbocycles. The van der Waals surface area contributed by atoms with Gasteiger partial charge in [0, 0.05) is 9.58 Å². The minimum atomic E-state index is -4.02. The third-order valence-corrected chi connectivity index (χ3v) is 7.14. The molecule has 4 rings (SSSR count). The normalized spacial score (nSPS) is 15.4. The summed E-state index contributed by atoms with van der Waals surface area (Å²) in [6.45, 7) is 6.41. The van der Waals surface area contributed by atoms with Gasteiger partial charge in [-0.2, -0.15) is 8.42 Å². The molecule has 0 aliphatic carbocycles. The third-order valence-electron chi connectivity index (χ3n) is 4.82. The summed E-state index contributed by atoms with van der Waals surface area (Å²) in [5.41, 5.74) is 2.38. The van der Waals surface area contributed by atoms with Crippen LogP contribution in [0.25, 0.3) is 10.1 Å². The Hall–Kier alpha value is -1.73. The minimum absolute atomic E-state index is 0.0666. The van der Waals surface area contributed by atoms with E-state index >= 15 is 0 Å². The molecule has 1 aromatic heterocycles. The van der Waals surface area contributed by atoms with E-state index in [1.54, 1.807) is 17.0 Å². The van der Waals surface area contributed by atoms with E-state index < -0.39 is 10.1 Å². The molecule has 0 bridgehead atoms. The van der Waals surface area contributed by atoms with Gasteiger partial charge in [-0.15, -0.1) is 11.3 Å². The minimum Gasteiger partial charge on any atom is -0.317 e. The lowest BCUT2D eigenvalue weighted by atomic mass is 9.96. The van der Waals surface area contributed by atoms with Gasteiger partial charge in [0.15, 0.2) is 0 Å². The standard InChI is InChI=1S/C14H17NS.C7H8O3S/c1-10-3-2-4-12-9-13(16-14(10)12)11-5-7-15-8-6-11;1-6-2-4-7(5-3-6)11(8,9)10/h2-4,9,11,15H,5-8H2,1H3;2-5H,1H3,(H,8,9,10). The van der Waals surface area contributed by atoms with E-state index in [-0.39, 0.29) is 4.90 Å². The fraction of sp³-hybridized carbons (Fsp3) is 0.333. The lowest BCUT2D eigenvalue weighted by Crippen LogP contribution is -2.26. The number of piperidine rings is 1. The second kappa shape index (κ2) is 8.52. The highest BCUT2D eigenvalue weighted by molar-refractivity contribution is 7.85. The molecule has 1 aliphatic rings. The van der Waals surface area contributed by atoms with Crippen LogP contribution >= 0.6 is 11.3 Å². The molecular formula is C21H25NO3S2. The van der Waals surface area contributed by atoms with Crippen molar-refractivity contribution < 1.29 is 13.0 Å². The average Bonchev–Trinajstić information content (AvgIpc) is 3.08. The Morgan fingerprint density at radius 2 is 1.70 bits per heavy atom. The quantitative estimate of drug-likeness (QED) is 0.596. The summed E-state index contributed by atoms with van der Waals surface area (Å²) in [6.07, 6.45) is 2.59. The highest BCUT2D eigenvalue weighted by Crippen LogP contribution is 2.36. The van der Waals surface area contributed by atoms with Gasteiger partial charge in [-0.25, -0.2) is 0 Å². The predicted molar refractivity (Wildman–Crippen MR) is 112 cm³/mol. The Balaban J connectivity index is 0.000000168. The Morgan fingerprint density at radius 1 is 1.04 bits per heavy atom. The SMILES string of the molecule is Cc1ccc(S(=O)(=O)O)cc1.Cc1cccc2cc(C3CCNCC3)sc12. The molecule has 2 aromatic carbocycles. The highest BCUT2D eigenvalue weighted by atomic mass is 32.2. The summed E-state index contributed by atoms with van der Waals surface area (Å²) in [5.74, 6) is 0.790. The van der Waals surface area contributed by atoms with Crippen molar-refractivity contribution in [3.8, 4) is 0 Å². The maximum absolute atomic E-state index is 10.5. The molecule has 0 unspecified atom stereocenters. The van der Waals surface area contributed by atoms with Crippen LogP contribution < -0.4 is 5.32 Å². The maximum atomic E-state index is 10.5. The Kier molecular flexibility index (Phi) is 6.32. The molecule has 27 heavy (non-hydrogen) atoms. The van der Waals surface area contributed by atoms with Crippen LogP contribution in [-0.2, 0) is 10.1 Å². The van der Waals surface area contributed by atoms with E-state index in [9.17, 15) is 8.42 Å². The van der Waals surface area contributed by atoms with Crippen molar-refractivity contribution in [1.29, 1.82) is 0 Å². The second-order valence-electron chi connectivity index (χ2n) is 6.95. The first kappa shape index (κ1) is 20.0. The van der Waals surface area contributed by atoms with Crippen molar-refractivity contribution in [2.45, 2.75) is 37.5 Å². The van der Waals surface area contributed by atoms with Crippen LogP contribution in [0, 0.1) is 13.8 Å². The van der Waals surface area contributed by atoms with Crippen LogP contribution in [0.15, 0.2) is 53.4 Å². The fourth-order valence-electron chi connectivity index (χ4n) is 3.25. The third kappa shape index (κ3) is 5.17. The van der Waals surface area contributed by atoms with Crippen molar-refractivity contribution in [2.75, 3.05) is 13.1 Å². The monoisotopic (exact) mass is 403 g/mol. The maximum Gasteiger partial charge on any atom is 0.294 e. The van der Waals surface area contributed by atoms with Gasteiger partial charge in [-0.1, -0.05) is 35.9 Å². The molecule has 0 spiro atoms. The van der Waals surface area contributed by atoms with Crippen LogP contribution in [0.4, 0.5) is 0 Å². The lowest BCUT2D eigenvalue weighted by Gasteiger charge is -2.21. The molecule has 3 aromatic rings. The van der Waals surface area contributed by atoms with E-state index in [0.717, 1.165) is 11.5 Å². The molecule has 0 amide bonds. The van der Waals surface area contributed by atoms with Gasteiger partial charge < -0.3 is 5.32 Å². The smallest absolute Gasteiger partial charge is 0.294 e. The molecule has 4 nitrogen and oxygen atoms in total. The molecule has 1 fully saturated rings. The molecule has 144 valence electrons. The topological polar surface area (TPSA) is 66.4 Å². The first-order valence-corrected chi connectivity index (χ1v) is 11.3. The number of fused-ring (bicyclic) bond motifs is 1. The van der Waals surface area contributed by atoms with Gasteiger partial charge in [0.25, 0.3) is 10.1 Å². The van der Waals surface area contributed by atoms with Crippen LogP contribution in [0.5, 0.6) is 0 Å². The Morgan fingerprint density at radius 3 is 2.30 bits per heavy atom. The van der Waals surface area contributed by atoms with Gasteiger partial charge in [0.2, 0.25) is 0 Å². The van der Waals surface area contributed by atoms with E-state index in [4.69, 9.17) is 4.55 Å². The summed E-state index contributed by atoms with van der Waals surface area (Å²) in [5, 5.41) is 4.86. The molecule has 2 heterocycles. The number of hydrogen-bond acceptors (Lipinski definition) is 4. The Bertz CT molecular complexity index is 1000. The average molecular weight is 404 g/mol. The summed E-state index contributed by atoms with van der Waals surface area (Å²) in [4.78, 5) is 1.52. The van der Waals surface area contributed by atoms with Crippen molar-refractivity contribution in [3.63, 3.8) is 0 Å². The van der Waals surface area contributed by atoms with Gasteiger partial charge in [-0.05, 0) is 74.8 Å². The van der Waals surface area contributed by atoms with E-state index in [0.29, 0.717) is 0 Å². The van der Waals surface area contributed by atoms with E-state index in [1.165, 1.54) is 53.7 Å². The number of aryl methyl sites for hydroxylation is 2. The number of nitrogens with one attached hydrogen (secondary N) is 1. The number of rotatable bonds is 2. The molecule has 1 aliphatic heterocycles. The summed E-state index contributed by atoms with van der Waals surface area (Å²) >= 11 is 2.00. The first-order valence-electron chi connectivity index (χ1n) is 9.08. The summed E-state index contributed by atoms with van der Waals surface area (Å²) in [6, 6.07) is 15.0. The predicted octanol–water partition coefficient (Wildman–Crippen LogP) is 4.92. The van der Waals surface area contributed by atoms with Crippen LogP contribution in [0.2, 0.25) is 0 Å². The van der Waals surface area contributed by atoms with Crippen molar-refractivity contribution in [1.82, 2.24) is 5.32 Å². The zero-order chi connectivity index (χ0) is 19.4. The molecule has 2 N–H and O–H groups in total. The second-order valence-corrected chi connectivity index (χ2v) is 9.46. The molecule has 0 radical (unpaired) electrons. The molecule has 6 heteroatoms. The fourth-order valence-corrected chi connectivity index (χ4v) is 5.02. The molecule has 0 atom stereocenters. The zero-order valence-electron chi connectivity index (χ0n) is 15.6. The molecule has 1 saturated heterocycles. The number of benzene rings is 2. The van der Waals surface area contributed by atoms with Gasteiger partial charge in [0.1, 0.15) is 0 Å². The van der Waals surface area contributed by atoms with Gasteiger partial charge in [-0.3, -0.25) is 4.55 Å². The summed E-state index contributed by atoms with van der Waals surface area (Å²) < 4.78 is 31.0. The number of thiophene rings is 1. The van der Waals surface area contributed by atoms with Crippen molar-refractivity contribution in [2.24, 2.45) is 0 Å².